The summed E-state index contributed by atoms with van der Waals surface area (Å²) < 4.78 is 32.6. The van der Waals surface area contributed by atoms with E-state index in [1.165, 1.54) is 7.11 Å². The van der Waals surface area contributed by atoms with Crippen LogP contribution in [-0.4, -0.2) is 32.6 Å². The maximum atomic E-state index is 12.6. The summed E-state index contributed by atoms with van der Waals surface area (Å²) in [5, 5.41) is 9.19. The van der Waals surface area contributed by atoms with Crippen molar-refractivity contribution in [1.29, 1.82) is 0 Å². The zero-order valence-corrected chi connectivity index (χ0v) is 14.2. The van der Waals surface area contributed by atoms with Crippen molar-refractivity contribution in [3.63, 3.8) is 0 Å². The monoisotopic (exact) mass is 329 g/mol. The first kappa shape index (κ1) is 18.4. The normalized spacial score (nSPS) is 12.9. The van der Waals surface area contributed by atoms with Crippen molar-refractivity contribution in [1.82, 2.24) is 4.72 Å². The quantitative estimate of drug-likeness (QED) is 0.763. The Hall–Kier alpha value is -1.60. The van der Waals surface area contributed by atoms with Crippen LogP contribution in [0.25, 0.3) is 0 Å². The molecular weight excluding hydrogens is 306 g/mol. The van der Waals surface area contributed by atoms with Gasteiger partial charge in [0.25, 0.3) is 0 Å². The van der Waals surface area contributed by atoms with Crippen molar-refractivity contribution in [2.45, 2.75) is 51.0 Å². The summed E-state index contributed by atoms with van der Waals surface area (Å²) >= 11 is 0. The van der Waals surface area contributed by atoms with Crippen LogP contribution in [-0.2, 0) is 14.8 Å². The number of benzene rings is 1. The number of methoxy groups -OCH3 is 1. The third-order valence-electron chi connectivity index (χ3n) is 3.32. The highest BCUT2D eigenvalue weighted by Crippen LogP contribution is 2.29. The topological polar surface area (TPSA) is 92.7 Å². The minimum atomic E-state index is -3.98. The number of aliphatic carboxylic acids is 1. The van der Waals surface area contributed by atoms with Gasteiger partial charge in [-0.2, -0.15) is 4.72 Å². The largest absolute Gasteiger partial charge is 0.495 e. The summed E-state index contributed by atoms with van der Waals surface area (Å²) in [7, 11) is -2.59. The Morgan fingerprint density at radius 3 is 2.50 bits per heavy atom. The summed E-state index contributed by atoms with van der Waals surface area (Å²) in [5.74, 6) is -0.967. The zero-order valence-electron chi connectivity index (χ0n) is 13.3. The fourth-order valence-electron chi connectivity index (χ4n) is 2.30. The molecule has 7 heteroatoms. The average molecular weight is 329 g/mol. The van der Waals surface area contributed by atoms with Gasteiger partial charge in [0.2, 0.25) is 10.0 Å². The average Bonchev–Trinajstić information content (AvgIpc) is 2.41. The number of sulfonamides is 1. The second kappa shape index (κ2) is 7.60. The van der Waals surface area contributed by atoms with Crippen molar-refractivity contribution in [3.8, 4) is 5.75 Å². The molecule has 6 nitrogen and oxygen atoms in total. The first-order valence-corrected chi connectivity index (χ1v) is 8.61. The Morgan fingerprint density at radius 2 is 2.00 bits per heavy atom. The van der Waals surface area contributed by atoms with Gasteiger partial charge < -0.3 is 9.84 Å². The molecule has 0 amide bonds. The van der Waals surface area contributed by atoms with E-state index in [9.17, 15) is 18.3 Å². The van der Waals surface area contributed by atoms with Gasteiger partial charge in [0.1, 0.15) is 16.7 Å². The zero-order chi connectivity index (χ0) is 16.9. The van der Waals surface area contributed by atoms with Crippen LogP contribution in [0, 0.1) is 13.8 Å². The Balaban J connectivity index is 3.21. The molecule has 0 saturated carbocycles. The maximum Gasteiger partial charge on any atom is 0.321 e. The molecule has 0 saturated heterocycles. The molecule has 0 bridgehead atoms. The molecule has 1 unspecified atom stereocenters. The SMILES string of the molecule is CCCCC(NS(=O)(=O)c1c(C)cc(C)cc1OC)C(=O)O. The van der Waals surface area contributed by atoms with E-state index in [-0.39, 0.29) is 17.1 Å². The van der Waals surface area contributed by atoms with E-state index in [0.717, 1.165) is 12.0 Å². The smallest absolute Gasteiger partial charge is 0.321 e. The molecular formula is C15H23NO5S. The van der Waals surface area contributed by atoms with Gasteiger partial charge in [-0.25, -0.2) is 8.42 Å². The van der Waals surface area contributed by atoms with Gasteiger partial charge in [-0.1, -0.05) is 25.8 Å². The van der Waals surface area contributed by atoms with Crippen LogP contribution in [0.4, 0.5) is 0 Å². The Kier molecular flexibility index (Phi) is 6.37. The predicted molar refractivity (Wildman–Crippen MR) is 83.7 cm³/mol. The molecule has 1 aromatic rings. The number of carbonyl (C=O) groups is 1. The lowest BCUT2D eigenvalue weighted by Gasteiger charge is -2.18. The van der Waals surface area contributed by atoms with E-state index in [2.05, 4.69) is 4.72 Å². The molecule has 0 radical (unpaired) electrons. The van der Waals surface area contributed by atoms with Crippen molar-refractivity contribution in [3.05, 3.63) is 23.3 Å². The predicted octanol–water partition coefficient (Wildman–Crippen LogP) is 2.23. The van der Waals surface area contributed by atoms with E-state index in [1.54, 1.807) is 19.1 Å². The molecule has 0 aliphatic rings. The highest BCUT2D eigenvalue weighted by atomic mass is 32.2. The molecule has 1 rings (SSSR count). The van der Waals surface area contributed by atoms with Crippen LogP contribution in [0.1, 0.15) is 37.3 Å². The molecule has 1 aromatic carbocycles. The molecule has 22 heavy (non-hydrogen) atoms. The summed E-state index contributed by atoms with van der Waals surface area (Å²) in [6, 6.07) is 2.19. The van der Waals surface area contributed by atoms with Gasteiger partial charge in [-0.05, 0) is 37.5 Å². The van der Waals surface area contributed by atoms with Gasteiger partial charge >= 0.3 is 5.97 Å². The van der Waals surface area contributed by atoms with E-state index < -0.39 is 22.0 Å². The lowest BCUT2D eigenvalue weighted by atomic mass is 10.1. The fraction of sp³-hybridized carbons (Fsp3) is 0.533. The molecule has 0 aliphatic heterocycles. The van der Waals surface area contributed by atoms with Crippen LogP contribution in [0.2, 0.25) is 0 Å². The maximum absolute atomic E-state index is 12.6. The van der Waals surface area contributed by atoms with Crippen LogP contribution in [0.15, 0.2) is 17.0 Å². The number of aryl methyl sites for hydroxylation is 2. The number of hydrogen-bond acceptors (Lipinski definition) is 4. The highest BCUT2D eigenvalue weighted by molar-refractivity contribution is 7.89. The Labute approximate surface area is 131 Å². The second-order valence-electron chi connectivity index (χ2n) is 5.27. The van der Waals surface area contributed by atoms with Gasteiger partial charge in [0.05, 0.1) is 7.11 Å². The molecule has 0 heterocycles. The summed E-state index contributed by atoms with van der Waals surface area (Å²) in [6.07, 6.45) is 1.67. The number of carboxylic acid groups (broad SMARTS) is 1. The van der Waals surface area contributed by atoms with Crippen molar-refractivity contribution < 1.29 is 23.1 Å². The fourth-order valence-corrected chi connectivity index (χ4v) is 3.90. The van der Waals surface area contributed by atoms with Crippen molar-refractivity contribution in [2.24, 2.45) is 0 Å². The van der Waals surface area contributed by atoms with Crippen LogP contribution < -0.4 is 9.46 Å². The van der Waals surface area contributed by atoms with Crippen LogP contribution in [0.3, 0.4) is 0 Å². The van der Waals surface area contributed by atoms with E-state index in [4.69, 9.17) is 4.74 Å². The van der Waals surface area contributed by atoms with E-state index in [0.29, 0.717) is 12.0 Å². The standard InChI is InChI=1S/C15H23NO5S/c1-5-6-7-12(15(17)18)16-22(19,20)14-11(3)8-10(2)9-13(14)21-4/h8-9,12,16H,5-7H2,1-4H3,(H,17,18). The first-order valence-electron chi connectivity index (χ1n) is 7.13. The molecule has 0 fully saturated rings. The van der Waals surface area contributed by atoms with Gasteiger partial charge in [-0.3, -0.25) is 4.79 Å². The molecule has 0 aliphatic carbocycles. The number of carboxylic acids is 1. The number of rotatable bonds is 8. The number of nitrogens with one attached hydrogen (secondary N) is 1. The molecule has 0 spiro atoms. The molecule has 2 N–H and O–H groups in total. The van der Waals surface area contributed by atoms with E-state index in [1.807, 2.05) is 13.8 Å². The Bertz CT molecular complexity index is 640. The van der Waals surface area contributed by atoms with Gasteiger partial charge in [-0.15, -0.1) is 0 Å². The van der Waals surface area contributed by atoms with Gasteiger partial charge in [0, 0.05) is 0 Å². The van der Waals surface area contributed by atoms with Crippen molar-refractivity contribution in [2.75, 3.05) is 7.11 Å². The summed E-state index contributed by atoms with van der Waals surface area (Å²) in [4.78, 5) is 11.2. The lowest BCUT2D eigenvalue weighted by Crippen LogP contribution is -2.41. The minimum Gasteiger partial charge on any atom is -0.495 e. The third kappa shape index (κ3) is 4.45. The molecule has 124 valence electrons. The number of ether oxygens (including phenoxy) is 1. The van der Waals surface area contributed by atoms with Gasteiger partial charge in [0.15, 0.2) is 0 Å². The molecule has 1 atom stereocenters. The number of unbranched alkanes of at least 4 members (excludes halogenated alkanes) is 1. The first-order chi connectivity index (χ1) is 10.2. The van der Waals surface area contributed by atoms with Crippen molar-refractivity contribution >= 4 is 16.0 Å². The third-order valence-corrected chi connectivity index (χ3v) is 4.97. The Morgan fingerprint density at radius 1 is 1.36 bits per heavy atom. The second-order valence-corrected chi connectivity index (χ2v) is 6.92. The highest BCUT2D eigenvalue weighted by Gasteiger charge is 2.28. The summed E-state index contributed by atoms with van der Waals surface area (Å²) in [5.41, 5.74) is 1.39. The molecule has 0 aromatic heterocycles. The van der Waals surface area contributed by atoms with E-state index >= 15 is 0 Å². The van der Waals surface area contributed by atoms with Crippen LogP contribution in [0.5, 0.6) is 5.75 Å². The lowest BCUT2D eigenvalue weighted by molar-refractivity contribution is -0.139. The number of hydrogen-bond donors (Lipinski definition) is 2. The minimum absolute atomic E-state index is 0.0108. The summed E-state index contributed by atoms with van der Waals surface area (Å²) in [6.45, 7) is 5.41. The van der Waals surface area contributed by atoms with Crippen LogP contribution >= 0.6 is 0 Å².